The maximum absolute atomic E-state index is 12.3. The maximum Gasteiger partial charge on any atom is 0.270 e. The summed E-state index contributed by atoms with van der Waals surface area (Å²) >= 11 is 0. The van der Waals surface area contributed by atoms with Crippen molar-refractivity contribution in [2.45, 2.75) is 20.3 Å². The van der Waals surface area contributed by atoms with E-state index in [9.17, 15) is 4.79 Å². The lowest BCUT2D eigenvalue weighted by Crippen LogP contribution is -2.46. The number of rotatable bonds is 7. The van der Waals surface area contributed by atoms with E-state index < -0.39 is 0 Å². The van der Waals surface area contributed by atoms with Crippen LogP contribution in [-0.4, -0.2) is 85.6 Å². The number of hydrogen-bond donors (Lipinski definition) is 1. The molecular weight excluding hydrogens is 304 g/mol. The summed E-state index contributed by atoms with van der Waals surface area (Å²) in [6.07, 6.45) is 0.925. The van der Waals surface area contributed by atoms with Gasteiger partial charge in [-0.1, -0.05) is 6.92 Å². The molecule has 0 bridgehead atoms. The minimum Gasteiger partial charge on any atom is -0.354 e. The molecule has 2 rings (SSSR count). The standard InChI is InChI=1S/C17H30N6O/c1-5-22-9-11-23(12-10-22)16-13-15(19-14(2)20-16)17(24)18-7-6-8-21(3)4/h13H,5-12H2,1-4H3,(H,18,24). The van der Waals surface area contributed by atoms with Crippen LogP contribution in [0.4, 0.5) is 5.82 Å². The molecule has 0 aliphatic carbocycles. The van der Waals surface area contributed by atoms with Crippen molar-refractivity contribution in [1.82, 2.24) is 25.1 Å². The Labute approximate surface area is 145 Å². The first-order chi connectivity index (χ1) is 11.5. The largest absolute Gasteiger partial charge is 0.354 e. The third-order valence-electron chi connectivity index (χ3n) is 4.27. The lowest BCUT2D eigenvalue weighted by atomic mass is 10.2. The van der Waals surface area contributed by atoms with Crippen LogP contribution >= 0.6 is 0 Å². The van der Waals surface area contributed by atoms with Gasteiger partial charge in [-0.3, -0.25) is 4.79 Å². The quantitative estimate of drug-likeness (QED) is 0.737. The van der Waals surface area contributed by atoms with E-state index in [1.165, 1.54) is 0 Å². The van der Waals surface area contributed by atoms with Crippen LogP contribution in [0.5, 0.6) is 0 Å². The zero-order valence-corrected chi connectivity index (χ0v) is 15.4. The first-order valence-corrected chi connectivity index (χ1v) is 8.75. The van der Waals surface area contributed by atoms with Crippen molar-refractivity contribution in [3.8, 4) is 0 Å². The van der Waals surface area contributed by atoms with Gasteiger partial charge in [-0.2, -0.15) is 0 Å². The highest BCUT2D eigenvalue weighted by molar-refractivity contribution is 5.92. The van der Waals surface area contributed by atoms with Gasteiger partial charge in [-0.25, -0.2) is 9.97 Å². The number of aromatic nitrogens is 2. The fourth-order valence-electron chi connectivity index (χ4n) is 2.81. The highest BCUT2D eigenvalue weighted by atomic mass is 16.1. The lowest BCUT2D eigenvalue weighted by Gasteiger charge is -2.34. The average Bonchev–Trinajstić information content (AvgIpc) is 2.58. The van der Waals surface area contributed by atoms with Crippen LogP contribution in [0.15, 0.2) is 6.07 Å². The van der Waals surface area contributed by atoms with E-state index in [1.54, 1.807) is 0 Å². The Balaban J connectivity index is 1.96. The zero-order chi connectivity index (χ0) is 17.5. The van der Waals surface area contributed by atoms with Crippen LogP contribution in [-0.2, 0) is 0 Å². The number of carbonyl (C=O) groups is 1. The highest BCUT2D eigenvalue weighted by Gasteiger charge is 2.19. The van der Waals surface area contributed by atoms with Crippen molar-refractivity contribution in [1.29, 1.82) is 0 Å². The fourth-order valence-corrected chi connectivity index (χ4v) is 2.81. The van der Waals surface area contributed by atoms with Gasteiger partial charge < -0.3 is 20.0 Å². The minimum absolute atomic E-state index is 0.118. The molecular formula is C17H30N6O. The van der Waals surface area contributed by atoms with Gasteiger partial charge in [0.25, 0.3) is 5.91 Å². The molecule has 1 saturated heterocycles. The van der Waals surface area contributed by atoms with Gasteiger partial charge >= 0.3 is 0 Å². The van der Waals surface area contributed by atoms with E-state index in [0.717, 1.165) is 51.5 Å². The number of amides is 1. The molecule has 0 unspecified atom stereocenters. The van der Waals surface area contributed by atoms with Gasteiger partial charge in [0.2, 0.25) is 0 Å². The molecule has 0 spiro atoms. The lowest BCUT2D eigenvalue weighted by molar-refractivity contribution is 0.0947. The van der Waals surface area contributed by atoms with Gasteiger partial charge in [-0.05, 0) is 40.5 Å². The smallest absolute Gasteiger partial charge is 0.270 e. The van der Waals surface area contributed by atoms with Gasteiger partial charge in [0.1, 0.15) is 17.3 Å². The van der Waals surface area contributed by atoms with E-state index >= 15 is 0 Å². The second-order valence-corrected chi connectivity index (χ2v) is 6.49. The molecule has 1 aromatic heterocycles. The van der Waals surface area contributed by atoms with Crippen molar-refractivity contribution in [3.05, 3.63) is 17.6 Å². The Morgan fingerprint density at radius 2 is 1.96 bits per heavy atom. The molecule has 134 valence electrons. The van der Waals surface area contributed by atoms with E-state index in [0.29, 0.717) is 18.1 Å². The summed E-state index contributed by atoms with van der Waals surface area (Å²) in [6.45, 7) is 10.7. The molecule has 24 heavy (non-hydrogen) atoms. The summed E-state index contributed by atoms with van der Waals surface area (Å²) in [5.41, 5.74) is 0.459. The Hall–Kier alpha value is -1.73. The summed E-state index contributed by atoms with van der Waals surface area (Å²) in [4.78, 5) is 27.9. The number of nitrogens with one attached hydrogen (secondary N) is 1. The number of carbonyl (C=O) groups excluding carboxylic acids is 1. The molecule has 1 N–H and O–H groups in total. The van der Waals surface area contributed by atoms with Crippen LogP contribution in [0.25, 0.3) is 0 Å². The van der Waals surface area contributed by atoms with Crippen molar-refractivity contribution in [2.24, 2.45) is 0 Å². The molecule has 1 aromatic rings. The Morgan fingerprint density at radius 3 is 2.58 bits per heavy atom. The van der Waals surface area contributed by atoms with Crippen molar-refractivity contribution in [3.63, 3.8) is 0 Å². The van der Waals surface area contributed by atoms with Crippen LogP contribution in [0, 0.1) is 6.92 Å². The van der Waals surface area contributed by atoms with Crippen LogP contribution in [0.1, 0.15) is 29.7 Å². The summed E-state index contributed by atoms with van der Waals surface area (Å²) in [6, 6.07) is 1.82. The zero-order valence-electron chi connectivity index (χ0n) is 15.4. The predicted molar refractivity (Wildman–Crippen MR) is 96.6 cm³/mol. The number of hydrogen-bond acceptors (Lipinski definition) is 6. The predicted octanol–water partition coefficient (Wildman–Crippen LogP) is 0.608. The van der Waals surface area contributed by atoms with Crippen molar-refractivity contribution < 1.29 is 4.79 Å². The maximum atomic E-state index is 12.3. The molecule has 7 heteroatoms. The topological polar surface area (TPSA) is 64.6 Å². The summed E-state index contributed by atoms with van der Waals surface area (Å²) in [7, 11) is 4.06. The van der Waals surface area contributed by atoms with E-state index in [1.807, 2.05) is 27.1 Å². The van der Waals surface area contributed by atoms with Crippen LogP contribution < -0.4 is 10.2 Å². The molecule has 1 aliphatic rings. The SMILES string of the molecule is CCN1CCN(c2cc(C(=O)NCCCN(C)C)nc(C)n2)CC1. The first kappa shape index (κ1) is 18.6. The molecule has 1 amide bonds. The Bertz CT molecular complexity index is 540. The van der Waals surface area contributed by atoms with E-state index in [-0.39, 0.29) is 5.91 Å². The van der Waals surface area contributed by atoms with Crippen molar-refractivity contribution in [2.75, 3.05) is 64.8 Å². The van der Waals surface area contributed by atoms with Gasteiger partial charge in [0.15, 0.2) is 0 Å². The highest BCUT2D eigenvalue weighted by Crippen LogP contribution is 2.15. The number of aryl methyl sites for hydroxylation is 1. The van der Waals surface area contributed by atoms with E-state index in [4.69, 9.17) is 0 Å². The summed E-state index contributed by atoms with van der Waals surface area (Å²) < 4.78 is 0. The Kier molecular flexibility index (Phi) is 6.93. The normalized spacial score (nSPS) is 15.8. The number of likely N-dealkylation sites (N-methyl/N-ethyl adjacent to an activating group) is 1. The van der Waals surface area contributed by atoms with E-state index in [2.05, 4.69) is 36.9 Å². The molecule has 7 nitrogen and oxygen atoms in total. The van der Waals surface area contributed by atoms with Crippen molar-refractivity contribution >= 4 is 11.7 Å². The average molecular weight is 334 g/mol. The van der Waals surface area contributed by atoms with Crippen LogP contribution in [0.3, 0.4) is 0 Å². The number of piperazine rings is 1. The molecule has 0 radical (unpaired) electrons. The molecule has 0 atom stereocenters. The van der Waals surface area contributed by atoms with Gasteiger partial charge in [0.05, 0.1) is 0 Å². The molecule has 0 saturated carbocycles. The Morgan fingerprint density at radius 1 is 1.25 bits per heavy atom. The minimum atomic E-state index is -0.118. The fraction of sp³-hybridized carbons (Fsp3) is 0.706. The molecule has 1 fully saturated rings. The number of anilines is 1. The van der Waals surface area contributed by atoms with Gasteiger partial charge in [-0.15, -0.1) is 0 Å². The molecule has 2 heterocycles. The second-order valence-electron chi connectivity index (χ2n) is 6.49. The summed E-state index contributed by atoms with van der Waals surface area (Å²) in [5, 5.41) is 2.95. The first-order valence-electron chi connectivity index (χ1n) is 8.75. The third-order valence-corrected chi connectivity index (χ3v) is 4.27. The monoisotopic (exact) mass is 334 g/mol. The van der Waals surface area contributed by atoms with Crippen LogP contribution in [0.2, 0.25) is 0 Å². The molecule has 0 aromatic carbocycles. The molecule has 1 aliphatic heterocycles. The van der Waals surface area contributed by atoms with Gasteiger partial charge in [0, 0.05) is 38.8 Å². The second kappa shape index (κ2) is 8.94. The summed E-state index contributed by atoms with van der Waals surface area (Å²) in [5.74, 6) is 1.38. The third kappa shape index (κ3) is 5.42. The number of nitrogens with zero attached hydrogens (tertiary/aromatic N) is 5.